The molecule has 1 fully saturated rings. The van der Waals surface area contributed by atoms with Gasteiger partial charge in [0.15, 0.2) is 11.6 Å². The highest BCUT2D eigenvalue weighted by Crippen LogP contribution is 2.24. The summed E-state index contributed by atoms with van der Waals surface area (Å²) in [5.74, 6) is -1.84. The van der Waals surface area contributed by atoms with Gasteiger partial charge in [-0.1, -0.05) is 12.5 Å². The molecule has 0 atom stereocenters. The number of carbonyl (C=O) groups is 1. The second kappa shape index (κ2) is 7.43. The molecule has 0 bridgehead atoms. The van der Waals surface area contributed by atoms with Gasteiger partial charge in [0, 0.05) is 5.56 Å². The molecule has 3 rings (SSSR count). The van der Waals surface area contributed by atoms with Gasteiger partial charge in [-0.05, 0) is 62.1 Å². The normalized spacial score (nSPS) is 15.1. The van der Waals surface area contributed by atoms with Crippen molar-refractivity contribution in [2.24, 2.45) is 0 Å². The van der Waals surface area contributed by atoms with E-state index >= 15 is 0 Å². The lowest BCUT2D eigenvalue weighted by molar-refractivity contribution is 0.102. The van der Waals surface area contributed by atoms with Crippen LogP contribution >= 0.6 is 0 Å². The largest absolute Gasteiger partial charge is 0.490 e. The van der Waals surface area contributed by atoms with E-state index in [9.17, 15) is 13.6 Å². The number of carbonyl (C=O) groups excluding carboxylic acids is 1. The number of rotatable bonds is 4. The Balaban J connectivity index is 1.64. The predicted molar refractivity (Wildman–Crippen MR) is 88.3 cm³/mol. The maximum Gasteiger partial charge on any atom is 0.255 e. The maximum absolute atomic E-state index is 13.6. The third kappa shape index (κ3) is 3.91. The van der Waals surface area contributed by atoms with Crippen LogP contribution in [0.2, 0.25) is 0 Å². The second-order valence-electron chi connectivity index (χ2n) is 5.96. The summed E-state index contributed by atoms with van der Waals surface area (Å²) in [5, 5.41) is 2.37. The molecule has 0 unspecified atom stereocenters. The molecule has 24 heavy (non-hydrogen) atoms. The van der Waals surface area contributed by atoms with Gasteiger partial charge in [0.25, 0.3) is 5.91 Å². The van der Waals surface area contributed by atoms with Gasteiger partial charge >= 0.3 is 0 Å². The Labute approximate surface area is 139 Å². The molecule has 0 aromatic heterocycles. The van der Waals surface area contributed by atoms with E-state index < -0.39 is 17.5 Å². The molecule has 0 saturated heterocycles. The van der Waals surface area contributed by atoms with Crippen molar-refractivity contribution in [3.8, 4) is 5.75 Å². The topological polar surface area (TPSA) is 38.3 Å². The average Bonchev–Trinajstić information content (AvgIpc) is 2.60. The van der Waals surface area contributed by atoms with Crippen molar-refractivity contribution in [2.45, 2.75) is 38.2 Å². The predicted octanol–water partition coefficient (Wildman–Crippen LogP) is 4.93. The van der Waals surface area contributed by atoms with E-state index in [0.29, 0.717) is 5.56 Å². The highest BCUT2D eigenvalue weighted by molar-refractivity contribution is 6.04. The Morgan fingerprint density at radius 1 is 1.00 bits per heavy atom. The van der Waals surface area contributed by atoms with E-state index in [0.717, 1.165) is 24.7 Å². The van der Waals surface area contributed by atoms with Gasteiger partial charge in [0.1, 0.15) is 5.75 Å². The SMILES string of the molecule is O=C(Nc1cccc(F)c1F)c1ccc(OC2CCCCC2)cc1. The van der Waals surface area contributed by atoms with Crippen LogP contribution in [0.3, 0.4) is 0 Å². The number of hydrogen-bond acceptors (Lipinski definition) is 2. The van der Waals surface area contributed by atoms with Crippen LogP contribution in [0.1, 0.15) is 42.5 Å². The Morgan fingerprint density at radius 3 is 2.42 bits per heavy atom. The average molecular weight is 331 g/mol. The molecule has 1 amide bonds. The molecule has 0 heterocycles. The lowest BCUT2D eigenvalue weighted by Gasteiger charge is -2.23. The zero-order chi connectivity index (χ0) is 16.9. The molecule has 0 radical (unpaired) electrons. The quantitative estimate of drug-likeness (QED) is 0.863. The molecule has 3 nitrogen and oxygen atoms in total. The minimum Gasteiger partial charge on any atom is -0.490 e. The van der Waals surface area contributed by atoms with Crippen molar-refractivity contribution in [1.82, 2.24) is 0 Å². The standard InChI is InChI=1S/C19H19F2NO2/c20-16-7-4-8-17(18(16)21)22-19(23)13-9-11-15(12-10-13)24-14-5-2-1-3-6-14/h4,7-12,14H,1-3,5-6H2,(H,22,23). The van der Waals surface area contributed by atoms with Gasteiger partial charge in [-0.3, -0.25) is 4.79 Å². The van der Waals surface area contributed by atoms with Crippen LogP contribution in [0.5, 0.6) is 5.75 Å². The first kappa shape index (κ1) is 16.4. The summed E-state index contributed by atoms with van der Waals surface area (Å²) >= 11 is 0. The third-order valence-corrected chi connectivity index (χ3v) is 4.17. The van der Waals surface area contributed by atoms with Crippen LogP contribution in [0, 0.1) is 11.6 Å². The summed E-state index contributed by atoms with van der Waals surface area (Å²) in [6.07, 6.45) is 5.98. The Morgan fingerprint density at radius 2 is 1.71 bits per heavy atom. The molecule has 2 aromatic rings. The third-order valence-electron chi connectivity index (χ3n) is 4.17. The fraction of sp³-hybridized carbons (Fsp3) is 0.316. The van der Waals surface area contributed by atoms with E-state index in [1.165, 1.54) is 31.4 Å². The summed E-state index contributed by atoms with van der Waals surface area (Å²) in [6.45, 7) is 0. The van der Waals surface area contributed by atoms with Crippen LogP contribution in [0.15, 0.2) is 42.5 Å². The van der Waals surface area contributed by atoms with Gasteiger partial charge in [0.05, 0.1) is 11.8 Å². The molecule has 1 aliphatic carbocycles. The summed E-state index contributed by atoms with van der Waals surface area (Å²) in [5.41, 5.74) is 0.178. The minimum atomic E-state index is -1.07. The van der Waals surface area contributed by atoms with Gasteiger partial charge in [-0.2, -0.15) is 0 Å². The van der Waals surface area contributed by atoms with Crippen molar-refractivity contribution in [1.29, 1.82) is 0 Å². The number of anilines is 1. The van der Waals surface area contributed by atoms with Crippen molar-refractivity contribution >= 4 is 11.6 Å². The van der Waals surface area contributed by atoms with E-state index in [1.54, 1.807) is 24.3 Å². The lowest BCUT2D eigenvalue weighted by atomic mass is 9.98. The van der Waals surface area contributed by atoms with E-state index in [2.05, 4.69) is 5.32 Å². The van der Waals surface area contributed by atoms with Crippen molar-refractivity contribution in [3.05, 3.63) is 59.7 Å². The molecule has 126 valence electrons. The molecule has 0 aliphatic heterocycles. The summed E-state index contributed by atoms with van der Waals surface area (Å²) < 4.78 is 32.7. The second-order valence-corrected chi connectivity index (χ2v) is 5.96. The van der Waals surface area contributed by atoms with Crippen LogP contribution in [0.25, 0.3) is 0 Å². The zero-order valence-corrected chi connectivity index (χ0v) is 13.2. The van der Waals surface area contributed by atoms with Crippen molar-refractivity contribution in [3.63, 3.8) is 0 Å². The van der Waals surface area contributed by atoms with Crippen LogP contribution < -0.4 is 10.1 Å². The number of hydrogen-bond donors (Lipinski definition) is 1. The zero-order valence-electron chi connectivity index (χ0n) is 13.2. The number of nitrogens with one attached hydrogen (secondary N) is 1. The highest BCUT2D eigenvalue weighted by atomic mass is 19.2. The first-order valence-corrected chi connectivity index (χ1v) is 8.15. The fourth-order valence-corrected chi connectivity index (χ4v) is 2.86. The van der Waals surface area contributed by atoms with E-state index in [-0.39, 0.29) is 11.8 Å². The molecule has 2 aromatic carbocycles. The summed E-state index contributed by atoms with van der Waals surface area (Å²) in [6, 6.07) is 10.3. The maximum atomic E-state index is 13.6. The van der Waals surface area contributed by atoms with Gasteiger partial charge < -0.3 is 10.1 Å². The smallest absolute Gasteiger partial charge is 0.255 e. The molecule has 1 saturated carbocycles. The lowest BCUT2D eigenvalue weighted by Crippen LogP contribution is -2.19. The molecule has 1 aliphatic rings. The van der Waals surface area contributed by atoms with Crippen molar-refractivity contribution in [2.75, 3.05) is 5.32 Å². The van der Waals surface area contributed by atoms with Crippen LogP contribution in [0.4, 0.5) is 14.5 Å². The summed E-state index contributed by atoms with van der Waals surface area (Å²) in [7, 11) is 0. The number of ether oxygens (including phenoxy) is 1. The monoisotopic (exact) mass is 331 g/mol. The first-order chi connectivity index (χ1) is 11.6. The van der Waals surface area contributed by atoms with Gasteiger partial charge in [-0.25, -0.2) is 8.78 Å². The fourth-order valence-electron chi connectivity index (χ4n) is 2.86. The Kier molecular flexibility index (Phi) is 5.08. The number of amides is 1. The number of halogens is 2. The first-order valence-electron chi connectivity index (χ1n) is 8.15. The molecular weight excluding hydrogens is 312 g/mol. The summed E-state index contributed by atoms with van der Waals surface area (Å²) in [4.78, 5) is 12.1. The van der Waals surface area contributed by atoms with Crippen LogP contribution in [-0.2, 0) is 0 Å². The van der Waals surface area contributed by atoms with E-state index in [4.69, 9.17) is 4.74 Å². The molecule has 1 N–H and O–H groups in total. The highest BCUT2D eigenvalue weighted by Gasteiger charge is 2.16. The minimum absolute atomic E-state index is 0.178. The van der Waals surface area contributed by atoms with E-state index in [1.807, 2.05) is 0 Å². The van der Waals surface area contributed by atoms with Crippen LogP contribution in [-0.4, -0.2) is 12.0 Å². The van der Waals surface area contributed by atoms with Gasteiger partial charge in [-0.15, -0.1) is 0 Å². The molecule has 5 heteroatoms. The Bertz CT molecular complexity index is 710. The molecular formula is C19H19F2NO2. The van der Waals surface area contributed by atoms with Gasteiger partial charge in [0.2, 0.25) is 0 Å². The Hall–Kier alpha value is -2.43. The molecule has 0 spiro atoms. The van der Waals surface area contributed by atoms with Crippen molar-refractivity contribution < 1.29 is 18.3 Å². The number of benzene rings is 2.